The molecule has 0 radical (unpaired) electrons. The van der Waals surface area contributed by atoms with E-state index in [1.807, 2.05) is 7.05 Å². The maximum atomic E-state index is 5.50. The number of ether oxygens (including phenoxy) is 1. The number of aromatic nitrogens is 1. The fraction of sp³-hybridized carbons (Fsp3) is 0.789. The highest BCUT2D eigenvalue weighted by molar-refractivity contribution is 7.09. The Bertz CT molecular complexity index is 574. The number of nitrogens with one attached hydrogen (secondary N) is 2. The van der Waals surface area contributed by atoms with Crippen molar-refractivity contribution in [3.8, 4) is 0 Å². The van der Waals surface area contributed by atoms with Gasteiger partial charge in [0.05, 0.1) is 23.9 Å². The van der Waals surface area contributed by atoms with Crippen molar-refractivity contribution >= 4 is 17.3 Å². The van der Waals surface area contributed by atoms with Gasteiger partial charge in [0, 0.05) is 50.6 Å². The standard InChI is InChI=1S/C19H33N5OS/c1-14(2)18-22-17(13-26-18)10-21-19(20-3)23-16-4-7-24(8-5-16)11-15-6-9-25-12-15/h13-16H,4-12H2,1-3H3,(H2,20,21,23). The Kier molecular flexibility index (Phi) is 7.28. The van der Waals surface area contributed by atoms with Gasteiger partial charge in [0.2, 0.25) is 0 Å². The molecule has 7 heteroatoms. The minimum Gasteiger partial charge on any atom is -0.381 e. The Hall–Kier alpha value is -1.18. The molecule has 0 aromatic carbocycles. The Morgan fingerprint density at radius 3 is 2.81 bits per heavy atom. The largest absolute Gasteiger partial charge is 0.381 e. The Morgan fingerprint density at radius 2 is 2.19 bits per heavy atom. The molecule has 2 fully saturated rings. The van der Waals surface area contributed by atoms with Crippen molar-refractivity contribution in [1.82, 2.24) is 20.5 Å². The van der Waals surface area contributed by atoms with Crippen LogP contribution in [-0.2, 0) is 11.3 Å². The summed E-state index contributed by atoms with van der Waals surface area (Å²) in [6.07, 6.45) is 3.56. The lowest BCUT2D eigenvalue weighted by Crippen LogP contribution is -2.49. The van der Waals surface area contributed by atoms with Crippen molar-refractivity contribution < 1.29 is 4.74 Å². The number of hydrogen-bond donors (Lipinski definition) is 2. The molecule has 3 rings (SSSR count). The van der Waals surface area contributed by atoms with Gasteiger partial charge in [-0.2, -0.15) is 0 Å². The smallest absolute Gasteiger partial charge is 0.191 e. The molecule has 146 valence electrons. The number of guanidine groups is 1. The fourth-order valence-corrected chi connectivity index (χ4v) is 4.42. The summed E-state index contributed by atoms with van der Waals surface area (Å²) in [6, 6.07) is 0.499. The predicted octanol–water partition coefficient (Wildman–Crippen LogP) is 2.43. The normalized spacial score (nSPS) is 22.9. The topological polar surface area (TPSA) is 61.8 Å². The van der Waals surface area contributed by atoms with E-state index < -0.39 is 0 Å². The zero-order valence-electron chi connectivity index (χ0n) is 16.3. The second kappa shape index (κ2) is 9.67. The average Bonchev–Trinajstić information content (AvgIpc) is 3.32. The monoisotopic (exact) mass is 379 g/mol. The van der Waals surface area contributed by atoms with Crippen molar-refractivity contribution in [2.75, 3.05) is 39.9 Å². The van der Waals surface area contributed by atoms with E-state index in [9.17, 15) is 0 Å². The van der Waals surface area contributed by atoms with Gasteiger partial charge in [0.1, 0.15) is 0 Å². The van der Waals surface area contributed by atoms with Crippen molar-refractivity contribution in [2.24, 2.45) is 10.9 Å². The van der Waals surface area contributed by atoms with Crippen LogP contribution in [0.1, 0.15) is 49.7 Å². The molecule has 1 atom stereocenters. The number of nitrogens with zero attached hydrogens (tertiary/aromatic N) is 3. The zero-order chi connectivity index (χ0) is 18.4. The summed E-state index contributed by atoms with van der Waals surface area (Å²) < 4.78 is 5.50. The molecule has 26 heavy (non-hydrogen) atoms. The van der Waals surface area contributed by atoms with Gasteiger partial charge in [-0.25, -0.2) is 4.98 Å². The molecule has 2 aliphatic rings. The van der Waals surface area contributed by atoms with Crippen LogP contribution in [0.2, 0.25) is 0 Å². The van der Waals surface area contributed by atoms with E-state index in [4.69, 9.17) is 4.74 Å². The highest BCUT2D eigenvalue weighted by Crippen LogP contribution is 2.19. The molecule has 6 nitrogen and oxygen atoms in total. The number of piperidine rings is 1. The van der Waals surface area contributed by atoms with Crippen molar-refractivity contribution in [2.45, 2.75) is 51.6 Å². The van der Waals surface area contributed by atoms with Crippen molar-refractivity contribution in [3.05, 3.63) is 16.1 Å². The van der Waals surface area contributed by atoms with E-state index >= 15 is 0 Å². The second-order valence-electron chi connectivity index (χ2n) is 7.71. The molecular weight excluding hydrogens is 346 g/mol. The highest BCUT2D eigenvalue weighted by atomic mass is 32.1. The summed E-state index contributed by atoms with van der Waals surface area (Å²) in [6.45, 7) is 10.5. The Balaban J connectivity index is 1.38. The second-order valence-corrected chi connectivity index (χ2v) is 8.60. The summed E-state index contributed by atoms with van der Waals surface area (Å²) in [5.41, 5.74) is 1.09. The first kappa shape index (κ1) is 19.6. The molecule has 2 aliphatic heterocycles. The molecule has 0 saturated carbocycles. The summed E-state index contributed by atoms with van der Waals surface area (Å²) in [5.74, 6) is 2.11. The molecule has 2 saturated heterocycles. The molecular formula is C19H33N5OS. The van der Waals surface area contributed by atoms with Crippen LogP contribution < -0.4 is 10.6 Å². The average molecular weight is 380 g/mol. The van der Waals surface area contributed by atoms with Gasteiger partial charge in [0.15, 0.2) is 5.96 Å². The van der Waals surface area contributed by atoms with Crippen LogP contribution in [0.5, 0.6) is 0 Å². The van der Waals surface area contributed by atoms with E-state index in [1.54, 1.807) is 11.3 Å². The van der Waals surface area contributed by atoms with E-state index in [-0.39, 0.29) is 0 Å². The summed E-state index contributed by atoms with van der Waals surface area (Å²) in [4.78, 5) is 11.7. The first-order valence-corrected chi connectivity index (χ1v) is 10.7. The number of rotatable bonds is 6. The number of thiazole rings is 1. The first-order valence-electron chi connectivity index (χ1n) is 9.85. The minimum absolute atomic E-state index is 0.493. The van der Waals surface area contributed by atoms with Gasteiger partial charge in [0.25, 0.3) is 0 Å². The van der Waals surface area contributed by atoms with Gasteiger partial charge in [-0.1, -0.05) is 13.8 Å². The van der Waals surface area contributed by atoms with E-state index in [2.05, 4.69) is 44.7 Å². The summed E-state index contributed by atoms with van der Waals surface area (Å²) >= 11 is 1.74. The van der Waals surface area contributed by atoms with Gasteiger partial charge >= 0.3 is 0 Å². The number of hydrogen-bond acceptors (Lipinski definition) is 5. The highest BCUT2D eigenvalue weighted by Gasteiger charge is 2.24. The SMILES string of the molecule is CN=C(NCc1csc(C(C)C)n1)NC1CCN(CC2CCOC2)CC1. The molecule has 0 amide bonds. The van der Waals surface area contributed by atoms with E-state index in [0.717, 1.165) is 50.4 Å². The van der Waals surface area contributed by atoms with Crippen LogP contribution in [-0.4, -0.2) is 61.8 Å². The van der Waals surface area contributed by atoms with Crippen LogP contribution >= 0.6 is 11.3 Å². The van der Waals surface area contributed by atoms with E-state index in [0.29, 0.717) is 12.0 Å². The van der Waals surface area contributed by atoms with Crippen LogP contribution in [0.15, 0.2) is 10.4 Å². The molecule has 0 aliphatic carbocycles. The molecule has 1 unspecified atom stereocenters. The predicted molar refractivity (Wildman–Crippen MR) is 108 cm³/mol. The van der Waals surface area contributed by atoms with Crippen LogP contribution in [0.25, 0.3) is 0 Å². The zero-order valence-corrected chi connectivity index (χ0v) is 17.1. The Morgan fingerprint density at radius 1 is 1.38 bits per heavy atom. The lowest BCUT2D eigenvalue weighted by atomic mass is 10.0. The molecule has 0 bridgehead atoms. The lowest BCUT2D eigenvalue weighted by molar-refractivity contribution is 0.150. The van der Waals surface area contributed by atoms with Crippen molar-refractivity contribution in [1.29, 1.82) is 0 Å². The van der Waals surface area contributed by atoms with Gasteiger partial charge < -0.3 is 20.3 Å². The van der Waals surface area contributed by atoms with Gasteiger partial charge in [-0.3, -0.25) is 4.99 Å². The third-order valence-corrected chi connectivity index (χ3v) is 6.39. The molecule has 1 aromatic rings. The first-order chi connectivity index (χ1) is 12.6. The lowest BCUT2D eigenvalue weighted by Gasteiger charge is -2.34. The van der Waals surface area contributed by atoms with E-state index in [1.165, 1.54) is 30.8 Å². The maximum Gasteiger partial charge on any atom is 0.191 e. The third kappa shape index (κ3) is 5.66. The van der Waals surface area contributed by atoms with Crippen LogP contribution in [0, 0.1) is 5.92 Å². The molecule has 1 aromatic heterocycles. The van der Waals surface area contributed by atoms with Gasteiger partial charge in [-0.05, 0) is 25.2 Å². The quantitative estimate of drug-likeness (QED) is 0.587. The summed E-state index contributed by atoms with van der Waals surface area (Å²) in [5, 5.41) is 10.3. The number of likely N-dealkylation sites (tertiary alicyclic amines) is 1. The van der Waals surface area contributed by atoms with Crippen LogP contribution in [0.3, 0.4) is 0 Å². The molecule has 3 heterocycles. The van der Waals surface area contributed by atoms with Crippen molar-refractivity contribution in [3.63, 3.8) is 0 Å². The van der Waals surface area contributed by atoms with Gasteiger partial charge in [-0.15, -0.1) is 11.3 Å². The number of aliphatic imine (C=N–C) groups is 1. The maximum absolute atomic E-state index is 5.50. The fourth-order valence-electron chi connectivity index (χ4n) is 3.58. The summed E-state index contributed by atoms with van der Waals surface area (Å²) in [7, 11) is 1.84. The third-order valence-electron chi connectivity index (χ3n) is 5.19. The van der Waals surface area contributed by atoms with Crippen LogP contribution in [0.4, 0.5) is 0 Å². The molecule has 0 spiro atoms. The minimum atomic E-state index is 0.493. The Labute approximate surface area is 161 Å². The molecule has 2 N–H and O–H groups in total.